The number of ether oxygens (including phenoxy) is 1. The van der Waals surface area contributed by atoms with E-state index in [9.17, 15) is 9.90 Å². The lowest BCUT2D eigenvalue weighted by Crippen LogP contribution is -2.32. The summed E-state index contributed by atoms with van der Waals surface area (Å²) in [4.78, 5) is 11.0. The van der Waals surface area contributed by atoms with Crippen LogP contribution in [0.4, 0.5) is 0 Å². The zero-order valence-corrected chi connectivity index (χ0v) is 10.6. The third kappa shape index (κ3) is 4.85. The first-order valence-electron chi connectivity index (χ1n) is 6.17. The monoisotopic (exact) mass is 252 g/mol. The molecule has 0 fully saturated rings. The molecule has 4 heteroatoms. The number of carboxylic acids is 1. The van der Waals surface area contributed by atoms with Crippen LogP contribution in [0.1, 0.15) is 25.3 Å². The SMILES string of the molecule is CCC[C@H](O)[C@H](COCc1ccccc1)C(=O)O. The lowest BCUT2D eigenvalue weighted by atomic mass is 10.00. The number of aliphatic carboxylic acids is 1. The van der Waals surface area contributed by atoms with E-state index in [1.54, 1.807) is 0 Å². The van der Waals surface area contributed by atoms with E-state index >= 15 is 0 Å². The normalized spacial score (nSPS) is 14.1. The number of aliphatic hydroxyl groups excluding tert-OH is 1. The van der Waals surface area contributed by atoms with Crippen LogP contribution in [0.25, 0.3) is 0 Å². The zero-order valence-electron chi connectivity index (χ0n) is 10.6. The molecule has 0 heterocycles. The standard InChI is InChI=1S/C14H20O4/c1-2-6-13(15)12(14(16)17)10-18-9-11-7-4-3-5-8-11/h3-5,7-8,12-13,15H,2,6,9-10H2,1H3,(H,16,17)/t12-,13-/m0/s1. The van der Waals surface area contributed by atoms with Crippen LogP contribution in [0.3, 0.4) is 0 Å². The molecule has 0 spiro atoms. The highest BCUT2D eigenvalue weighted by molar-refractivity contribution is 5.70. The first-order chi connectivity index (χ1) is 8.65. The van der Waals surface area contributed by atoms with Crippen molar-refractivity contribution in [2.75, 3.05) is 6.61 Å². The van der Waals surface area contributed by atoms with Crippen molar-refractivity contribution in [3.05, 3.63) is 35.9 Å². The van der Waals surface area contributed by atoms with Gasteiger partial charge in [-0.3, -0.25) is 4.79 Å². The second-order valence-corrected chi connectivity index (χ2v) is 4.30. The smallest absolute Gasteiger partial charge is 0.311 e. The molecule has 0 saturated carbocycles. The summed E-state index contributed by atoms with van der Waals surface area (Å²) in [6, 6.07) is 9.55. The third-order valence-electron chi connectivity index (χ3n) is 2.78. The van der Waals surface area contributed by atoms with E-state index in [0.29, 0.717) is 13.0 Å². The molecule has 0 unspecified atom stereocenters. The van der Waals surface area contributed by atoms with E-state index in [-0.39, 0.29) is 6.61 Å². The van der Waals surface area contributed by atoms with Crippen molar-refractivity contribution in [1.82, 2.24) is 0 Å². The highest BCUT2D eigenvalue weighted by Gasteiger charge is 2.25. The van der Waals surface area contributed by atoms with Crippen molar-refractivity contribution >= 4 is 5.97 Å². The molecule has 100 valence electrons. The van der Waals surface area contributed by atoms with Gasteiger partial charge in [-0.2, -0.15) is 0 Å². The summed E-state index contributed by atoms with van der Waals surface area (Å²) >= 11 is 0. The quantitative estimate of drug-likeness (QED) is 0.743. The summed E-state index contributed by atoms with van der Waals surface area (Å²) in [5.41, 5.74) is 0.992. The van der Waals surface area contributed by atoms with Crippen LogP contribution in [0, 0.1) is 5.92 Å². The van der Waals surface area contributed by atoms with Gasteiger partial charge in [0.05, 0.1) is 19.3 Å². The second kappa shape index (κ2) is 7.84. The Bertz CT molecular complexity index is 350. The minimum atomic E-state index is -1.01. The van der Waals surface area contributed by atoms with Gasteiger partial charge >= 0.3 is 5.97 Å². The zero-order chi connectivity index (χ0) is 13.4. The molecule has 1 rings (SSSR count). The molecular formula is C14H20O4. The number of benzene rings is 1. The van der Waals surface area contributed by atoms with E-state index < -0.39 is 18.0 Å². The fraction of sp³-hybridized carbons (Fsp3) is 0.500. The fourth-order valence-corrected chi connectivity index (χ4v) is 1.72. The fourth-order valence-electron chi connectivity index (χ4n) is 1.72. The van der Waals surface area contributed by atoms with Crippen molar-refractivity contribution in [2.24, 2.45) is 5.92 Å². The Kier molecular flexibility index (Phi) is 6.39. The maximum Gasteiger partial charge on any atom is 0.311 e. The Balaban J connectivity index is 2.41. The average molecular weight is 252 g/mol. The second-order valence-electron chi connectivity index (χ2n) is 4.30. The molecule has 18 heavy (non-hydrogen) atoms. The van der Waals surface area contributed by atoms with Gasteiger partial charge < -0.3 is 14.9 Å². The predicted molar refractivity (Wildman–Crippen MR) is 68.1 cm³/mol. The van der Waals surface area contributed by atoms with Gasteiger partial charge in [0, 0.05) is 0 Å². The molecule has 2 N–H and O–H groups in total. The summed E-state index contributed by atoms with van der Waals surface area (Å²) in [6.07, 6.45) is 0.387. The summed E-state index contributed by atoms with van der Waals surface area (Å²) in [6.45, 7) is 2.31. The molecule has 0 amide bonds. The lowest BCUT2D eigenvalue weighted by Gasteiger charge is -2.18. The van der Waals surface area contributed by atoms with Gasteiger partial charge in [0.25, 0.3) is 0 Å². The first-order valence-corrected chi connectivity index (χ1v) is 6.17. The van der Waals surface area contributed by atoms with Gasteiger partial charge in [0.2, 0.25) is 0 Å². The Morgan fingerprint density at radius 2 is 2.00 bits per heavy atom. The van der Waals surface area contributed by atoms with E-state index in [4.69, 9.17) is 9.84 Å². The van der Waals surface area contributed by atoms with Gasteiger partial charge in [0.15, 0.2) is 0 Å². The van der Waals surface area contributed by atoms with Gasteiger partial charge in [-0.15, -0.1) is 0 Å². The molecule has 0 aliphatic carbocycles. The number of carboxylic acid groups (broad SMARTS) is 1. The Morgan fingerprint density at radius 1 is 1.33 bits per heavy atom. The highest BCUT2D eigenvalue weighted by atomic mass is 16.5. The number of rotatable bonds is 8. The van der Waals surface area contributed by atoms with Gasteiger partial charge in [-0.1, -0.05) is 43.7 Å². The molecular weight excluding hydrogens is 232 g/mol. The molecule has 1 aromatic rings. The molecule has 0 aliphatic heterocycles. The van der Waals surface area contributed by atoms with E-state index in [0.717, 1.165) is 12.0 Å². The molecule has 1 aromatic carbocycles. The Labute approximate surface area is 107 Å². The highest BCUT2D eigenvalue weighted by Crippen LogP contribution is 2.12. The largest absolute Gasteiger partial charge is 0.481 e. The summed E-state index contributed by atoms with van der Waals surface area (Å²) in [5.74, 6) is -1.86. The van der Waals surface area contributed by atoms with Crippen LogP contribution in [0.2, 0.25) is 0 Å². The lowest BCUT2D eigenvalue weighted by molar-refractivity contribution is -0.149. The van der Waals surface area contributed by atoms with Crippen molar-refractivity contribution < 1.29 is 19.7 Å². The molecule has 0 radical (unpaired) electrons. The molecule has 0 aromatic heterocycles. The maximum absolute atomic E-state index is 11.0. The van der Waals surface area contributed by atoms with Gasteiger partial charge in [-0.05, 0) is 12.0 Å². The van der Waals surface area contributed by atoms with Gasteiger partial charge in [-0.25, -0.2) is 0 Å². The van der Waals surface area contributed by atoms with E-state index in [1.165, 1.54) is 0 Å². The Morgan fingerprint density at radius 3 is 2.56 bits per heavy atom. The molecule has 4 nitrogen and oxygen atoms in total. The Hall–Kier alpha value is -1.39. The first kappa shape index (κ1) is 14.7. The summed E-state index contributed by atoms with van der Waals surface area (Å²) in [7, 11) is 0. The van der Waals surface area contributed by atoms with Crippen LogP contribution in [-0.2, 0) is 16.1 Å². The maximum atomic E-state index is 11.0. The molecule has 0 bridgehead atoms. The number of hydrogen-bond acceptors (Lipinski definition) is 3. The van der Waals surface area contributed by atoms with Gasteiger partial charge in [0.1, 0.15) is 5.92 Å². The predicted octanol–water partition coefficient (Wildman–Crippen LogP) is 2.06. The van der Waals surface area contributed by atoms with Crippen LogP contribution in [0.15, 0.2) is 30.3 Å². The van der Waals surface area contributed by atoms with Crippen molar-refractivity contribution in [3.63, 3.8) is 0 Å². The van der Waals surface area contributed by atoms with E-state index in [1.807, 2.05) is 37.3 Å². The topological polar surface area (TPSA) is 66.8 Å². The van der Waals surface area contributed by atoms with Crippen LogP contribution in [-0.4, -0.2) is 28.9 Å². The number of hydrogen-bond donors (Lipinski definition) is 2. The molecule has 2 atom stereocenters. The van der Waals surface area contributed by atoms with Crippen LogP contribution in [0.5, 0.6) is 0 Å². The summed E-state index contributed by atoms with van der Waals surface area (Å²) in [5, 5.41) is 18.7. The summed E-state index contributed by atoms with van der Waals surface area (Å²) < 4.78 is 5.37. The number of aliphatic hydroxyl groups is 1. The van der Waals surface area contributed by atoms with Crippen LogP contribution < -0.4 is 0 Å². The third-order valence-corrected chi connectivity index (χ3v) is 2.78. The number of carbonyl (C=O) groups is 1. The molecule has 0 aliphatic rings. The van der Waals surface area contributed by atoms with E-state index in [2.05, 4.69) is 0 Å². The van der Waals surface area contributed by atoms with Crippen molar-refractivity contribution in [2.45, 2.75) is 32.5 Å². The minimum absolute atomic E-state index is 0.0331. The minimum Gasteiger partial charge on any atom is -0.481 e. The average Bonchev–Trinajstić information content (AvgIpc) is 2.35. The van der Waals surface area contributed by atoms with Crippen molar-refractivity contribution in [1.29, 1.82) is 0 Å². The molecule has 0 saturated heterocycles. The van der Waals surface area contributed by atoms with Crippen LogP contribution >= 0.6 is 0 Å². The van der Waals surface area contributed by atoms with Crippen molar-refractivity contribution in [3.8, 4) is 0 Å².